The van der Waals surface area contributed by atoms with Crippen molar-refractivity contribution in [3.05, 3.63) is 52.1 Å². The van der Waals surface area contributed by atoms with E-state index >= 15 is 0 Å². The van der Waals surface area contributed by atoms with Gasteiger partial charge < -0.3 is 35.9 Å². The lowest BCUT2D eigenvalue weighted by Gasteiger charge is -2.15. The Hall–Kier alpha value is -5.02. The summed E-state index contributed by atoms with van der Waals surface area (Å²) in [4.78, 5) is 66.3. The number of nitrogens with one attached hydrogen (secondary N) is 6. The number of hydrogen-bond acceptors (Lipinski definition) is 10. The fraction of sp³-hybridized carbons (Fsp3) is 0.364. The number of aromatic amines is 1. The topological polar surface area (TPSA) is 228 Å². The summed E-state index contributed by atoms with van der Waals surface area (Å²) in [6, 6.07) is 7.24. The molecule has 3 rings (SSSR count). The first-order chi connectivity index (χ1) is 18.2. The molecule has 1 unspecified atom stereocenters. The molecule has 1 aliphatic rings. The molecule has 0 radical (unpaired) electrons. The highest BCUT2D eigenvalue weighted by Gasteiger charge is 2.23. The average Bonchev–Trinajstić information content (AvgIpc) is 3.51. The molecule has 16 heteroatoms. The fourth-order valence-corrected chi connectivity index (χ4v) is 3.27. The Morgan fingerprint density at radius 1 is 1.16 bits per heavy atom. The van der Waals surface area contributed by atoms with E-state index in [2.05, 4.69) is 36.8 Å². The van der Waals surface area contributed by atoms with Crippen LogP contribution in [0.25, 0.3) is 0 Å². The number of hydrazine groups is 1. The number of imidazole rings is 1. The van der Waals surface area contributed by atoms with Gasteiger partial charge in [-0.05, 0) is 5.56 Å². The van der Waals surface area contributed by atoms with Crippen LogP contribution in [0.1, 0.15) is 17.7 Å². The maximum absolute atomic E-state index is 12.3. The lowest BCUT2D eigenvalue weighted by Crippen LogP contribution is -2.49. The van der Waals surface area contributed by atoms with Gasteiger partial charge in [-0.25, -0.2) is 14.4 Å². The van der Waals surface area contributed by atoms with Crippen LogP contribution in [-0.2, 0) is 38.7 Å². The predicted octanol–water partition coefficient (Wildman–Crippen LogP) is -2.11. The molecule has 0 bridgehead atoms. The van der Waals surface area contributed by atoms with E-state index in [0.717, 1.165) is 4.57 Å². The third kappa shape index (κ3) is 8.28. The van der Waals surface area contributed by atoms with Crippen molar-refractivity contribution in [2.24, 2.45) is 4.99 Å². The normalized spacial score (nSPS) is 13.0. The van der Waals surface area contributed by atoms with Crippen LogP contribution in [0.3, 0.4) is 0 Å². The molecule has 8 N–H and O–H groups in total. The zero-order valence-electron chi connectivity index (χ0n) is 20.2. The molecule has 0 fully saturated rings. The number of guanidine groups is 1. The molecule has 38 heavy (non-hydrogen) atoms. The number of carbonyl (C=O) groups excluding carboxylic acids is 3. The zero-order chi connectivity index (χ0) is 27.5. The van der Waals surface area contributed by atoms with Crippen molar-refractivity contribution in [3.63, 3.8) is 0 Å². The number of aromatic hydroxyl groups is 1. The van der Waals surface area contributed by atoms with Crippen LogP contribution in [0, 0.1) is 0 Å². The van der Waals surface area contributed by atoms with Crippen molar-refractivity contribution in [2.75, 3.05) is 19.6 Å². The van der Waals surface area contributed by atoms with E-state index in [1.165, 1.54) is 0 Å². The van der Waals surface area contributed by atoms with Gasteiger partial charge >= 0.3 is 17.8 Å². The molecule has 1 aromatic carbocycles. The van der Waals surface area contributed by atoms with Gasteiger partial charge in [0, 0.05) is 25.9 Å². The van der Waals surface area contributed by atoms with Gasteiger partial charge in [-0.1, -0.05) is 30.3 Å². The van der Waals surface area contributed by atoms with Gasteiger partial charge in [0.15, 0.2) is 0 Å². The first-order valence-corrected chi connectivity index (χ1v) is 11.5. The molecular weight excluding hydrogens is 504 g/mol. The third-order valence-electron chi connectivity index (χ3n) is 5.23. The second-order valence-electron chi connectivity index (χ2n) is 8.05. The first-order valence-electron chi connectivity index (χ1n) is 11.5. The Bertz CT molecular complexity index is 1240. The van der Waals surface area contributed by atoms with Crippen molar-refractivity contribution >= 4 is 29.8 Å². The lowest BCUT2D eigenvalue weighted by molar-refractivity contribution is -0.139. The summed E-state index contributed by atoms with van der Waals surface area (Å²) < 4.78 is 5.71. The molecule has 3 amide bonds. The van der Waals surface area contributed by atoms with Gasteiger partial charge in [0.1, 0.15) is 19.2 Å². The van der Waals surface area contributed by atoms with Gasteiger partial charge in [0.25, 0.3) is 0 Å². The minimum absolute atomic E-state index is 0.0286. The number of ether oxygens (including phenoxy) is 1. The third-order valence-corrected chi connectivity index (χ3v) is 5.23. The van der Waals surface area contributed by atoms with Gasteiger partial charge in [-0.3, -0.25) is 30.0 Å². The van der Waals surface area contributed by atoms with Gasteiger partial charge in [0.05, 0.1) is 12.2 Å². The summed E-state index contributed by atoms with van der Waals surface area (Å²) in [6.45, 7) is 0.0281. The quantitative estimate of drug-likeness (QED) is 0.147. The van der Waals surface area contributed by atoms with E-state index in [1.807, 2.05) is 0 Å². The number of H-pyrrole nitrogens is 1. The molecule has 2 heterocycles. The predicted molar refractivity (Wildman–Crippen MR) is 131 cm³/mol. The number of amides is 3. The molecule has 0 spiro atoms. The number of nitrogens with zero attached hydrogens (tertiary/aromatic N) is 2. The van der Waals surface area contributed by atoms with Crippen LogP contribution in [0.15, 0.2) is 40.1 Å². The summed E-state index contributed by atoms with van der Waals surface area (Å²) in [7, 11) is 0. The number of aliphatic imine (C=N–C) groups is 1. The number of alkyl carbamates (subject to hydrolysis) is 1. The van der Waals surface area contributed by atoms with Crippen molar-refractivity contribution < 1.29 is 34.1 Å². The smallest absolute Gasteiger partial charge is 0.408 e. The van der Waals surface area contributed by atoms with Crippen molar-refractivity contribution in [3.8, 4) is 5.88 Å². The Morgan fingerprint density at radius 3 is 2.61 bits per heavy atom. The number of hydrogen-bond donors (Lipinski definition) is 8. The molecule has 16 nitrogen and oxygen atoms in total. The molecule has 0 saturated heterocycles. The molecule has 1 aromatic heterocycles. The number of aliphatic carboxylic acids is 1. The van der Waals surface area contributed by atoms with Crippen molar-refractivity contribution in [2.45, 2.75) is 32.0 Å². The molecule has 2 aromatic rings. The zero-order valence-corrected chi connectivity index (χ0v) is 20.2. The molecule has 1 aliphatic heterocycles. The Kier molecular flexibility index (Phi) is 9.67. The van der Waals surface area contributed by atoms with E-state index in [0.29, 0.717) is 24.6 Å². The van der Waals surface area contributed by atoms with Gasteiger partial charge in [-0.15, -0.1) is 0 Å². The van der Waals surface area contributed by atoms with E-state index in [4.69, 9.17) is 4.74 Å². The van der Waals surface area contributed by atoms with Crippen LogP contribution in [0.2, 0.25) is 0 Å². The average molecular weight is 533 g/mol. The van der Waals surface area contributed by atoms with E-state index in [9.17, 15) is 34.2 Å². The highest BCUT2D eigenvalue weighted by molar-refractivity contribution is 5.85. The number of carboxylic acids is 1. The van der Waals surface area contributed by atoms with Crippen molar-refractivity contribution in [1.82, 2.24) is 36.4 Å². The van der Waals surface area contributed by atoms with Crippen LogP contribution in [0.5, 0.6) is 5.88 Å². The fourth-order valence-electron chi connectivity index (χ4n) is 3.27. The number of carbonyl (C=O) groups is 4. The van der Waals surface area contributed by atoms with E-state index < -0.39 is 54.6 Å². The molecule has 1 atom stereocenters. The van der Waals surface area contributed by atoms with E-state index in [1.54, 1.807) is 30.3 Å². The minimum Gasteiger partial charge on any atom is -0.493 e. The van der Waals surface area contributed by atoms with E-state index in [-0.39, 0.29) is 25.1 Å². The SMILES string of the molecule is O=C(Cn1c(O)c(CCC(=O)NNC2=NCCN2)[nH]c1=O)NCC(NC(=O)OCc1ccccc1)C(=O)O. The lowest BCUT2D eigenvalue weighted by atomic mass is 10.2. The van der Waals surface area contributed by atoms with Crippen LogP contribution >= 0.6 is 0 Å². The molecular formula is C22H28N8O8. The second-order valence-corrected chi connectivity index (χ2v) is 8.05. The molecule has 204 valence electrons. The first kappa shape index (κ1) is 27.6. The molecule has 0 aliphatic carbocycles. The Balaban J connectivity index is 1.45. The Labute approximate surface area is 215 Å². The summed E-state index contributed by atoms with van der Waals surface area (Å²) in [5.74, 6) is -2.76. The van der Waals surface area contributed by atoms with Crippen LogP contribution in [0.4, 0.5) is 4.79 Å². The van der Waals surface area contributed by atoms with Crippen LogP contribution < -0.4 is 32.5 Å². The highest BCUT2D eigenvalue weighted by atomic mass is 16.5. The largest absolute Gasteiger partial charge is 0.493 e. The second kappa shape index (κ2) is 13.3. The summed E-state index contributed by atoms with van der Waals surface area (Å²) in [5.41, 5.74) is 4.97. The monoisotopic (exact) mass is 532 g/mol. The van der Waals surface area contributed by atoms with Crippen LogP contribution in [-0.4, -0.2) is 75.3 Å². The number of rotatable bonds is 11. The number of aryl methyl sites for hydroxylation is 1. The van der Waals surface area contributed by atoms with Crippen molar-refractivity contribution in [1.29, 1.82) is 0 Å². The van der Waals surface area contributed by atoms with Gasteiger partial charge in [0.2, 0.25) is 23.7 Å². The summed E-state index contributed by atoms with van der Waals surface area (Å²) in [5, 5.41) is 27.0. The summed E-state index contributed by atoms with van der Waals surface area (Å²) in [6.07, 6.45) is -1.11. The summed E-state index contributed by atoms with van der Waals surface area (Å²) >= 11 is 0. The number of benzene rings is 1. The number of carboxylic acid groups (broad SMARTS) is 1. The number of aromatic nitrogens is 2. The standard InChI is InChI=1S/C22H28N8O8/c31-16(28-29-20-23-8-9-24-20)7-6-14-18(33)30(21(36)26-14)11-17(32)25-10-15(19(34)35)27-22(37)38-12-13-4-2-1-3-5-13/h1-5,15,33H,6-12H2,(H,25,32)(H,26,36)(H,27,37)(H,28,31)(H,34,35)(H2,23,24,29). The minimum atomic E-state index is -1.51. The maximum atomic E-state index is 12.3. The molecule has 0 saturated carbocycles. The Morgan fingerprint density at radius 2 is 1.92 bits per heavy atom. The highest BCUT2D eigenvalue weighted by Crippen LogP contribution is 2.14. The van der Waals surface area contributed by atoms with Gasteiger partial charge in [-0.2, -0.15) is 0 Å². The maximum Gasteiger partial charge on any atom is 0.408 e.